The molecule has 0 saturated heterocycles. The van der Waals surface area contributed by atoms with E-state index in [4.69, 9.17) is 0 Å². The number of rotatable bonds is 4. The minimum Gasteiger partial charge on any atom is -0.268 e. The molecular formula is C9H15NS2. The van der Waals surface area contributed by atoms with Crippen LogP contribution >= 0.6 is 23.5 Å². The van der Waals surface area contributed by atoms with Crippen molar-refractivity contribution in [1.29, 1.82) is 0 Å². The van der Waals surface area contributed by atoms with Gasteiger partial charge < -0.3 is 0 Å². The lowest BCUT2D eigenvalue weighted by molar-refractivity contribution is 0.867. The van der Waals surface area contributed by atoms with Crippen LogP contribution in [0, 0.1) is 0 Å². The van der Waals surface area contributed by atoms with Crippen molar-refractivity contribution in [2.24, 2.45) is 4.99 Å². The Labute approximate surface area is 83.1 Å². The van der Waals surface area contributed by atoms with Gasteiger partial charge in [-0.2, -0.15) is 0 Å². The first-order valence-corrected chi connectivity index (χ1v) is 6.24. The van der Waals surface area contributed by atoms with E-state index in [0.717, 1.165) is 6.42 Å². The standard InChI is InChI=1S/C9H15NS2/c1-3-4-5-6-11-9-10-8(2)7-12-9/h3,8H,1,4-7H2,2H3/t8-/m0/s1. The van der Waals surface area contributed by atoms with Gasteiger partial charge in [-0.15, -0.1) is 6.58 Å². The molecule has 12 heavy (non-hydrogen) atoms. The lowest BCUT2D eigenvalue weighted by atomic mass is 10.3. The van der Waals surface area contributed by atoms with Crippen molar-refractivity contribution in [3.05, 3.63) is 12.7 Å². The van der Waals surface area contributed by atoms with Crippen LogP contribution in [-0.4, -0.2) is 21.9 Å². The molecule has 0 fully saturated rings. The van der Waals surface area contributed by atoms with Crippen molar-refractivity contribution in [2.75, 3.05) is 11.5 Å². The highest BCUT2D eigenvalue weighted by Crippen LogP contribution is 2.26. The van der Waals surface area contributed by atoms with Gasteiger partial charge in [-0.25, -0.2) is 0 Å². The Morgan fingerprint density at radius 3 is 3.25 bits per heavy atom. The molecule has 1 aliphatic heterocycles. The van der Waals surface area contributed by atoms with Crippen LogP contribution in [0.5, 0.6) is 0 Å². The van der Waals surface area contributed by atoms with E-state index in [0.29, 0.717) is 6.04 Å². The van der Waals surface area contributed by atoms with Crippen molar-refractivity contribution in [1.82, 2.24) is 0 Å². The van der Waals surface area contributed by atoms with Crippen molar-refractivity contribution < 1.29 is 0 Å². The van der Waals surface area contributed by atoms with Gasteiger partial charge in [0, 0.05) is 11.5 Å². The van der Waals surface area contributed by atoms with Crippen LogP contribution in [0.2, 0.25) is 0 Å². The second-order valence-corrected chi connectivity index (χ2v) is 5.19. The van der Waals surface area contributed by atoms with Crippen LogP contribution in [-0.2, 0) is 0 Å². The molecule has 1 nitrogen and oxygen atoms in total. The van der Waals surface area contributed by atoms with Gasteiger partial charge >= 0.3 is 0 Å². The molecule has 0 amide bonds. The summed E-state index contributed by atoms with van der Waals surface area (Å²) in [4.78, 5) is 4.50. The SMILES string of the molecule is C=CCCCSC1=N[C@@H](C)CS1. The van der Waals surface area contributed by atoms with E-state index < -0.39 is 0 Å². The molecule has 0 spiro atoms. The maximum absolute atomic E-state index is 4.50. The average molecular weight is 201 g/mol. The fraction of sp³-hybridized carbons (Fsp3) is 0.667. The smallest absolute Gasteiger partial charge is 0.124 e. The topological polar surface area (TPSA) is 12.4 Å². The summed E-state index contributed by atoms with van der Waals surface area (Å²) < 4.78 is 1.28. The molecule has 0 aromatic carbocycles. The molecule has 1 atom stereocenters. The Bertz CT molecular complexity index is 177. The number of allylic oxidation sites excluding steroid dienone is 1. The maximum Gasteiger partial charge on any atom is 0.124 e. The van der Waals surface area contributed by atoms with Crippen molar-refractivity contribution in [3.8, 4) is 0 Å². The van der Waals surface area contributed by atoms with Crippen LogP contribution in [0.15, 0.2) is 17.6 Å². The minimum absolute atomic E-state index is 0.539. The quantitative estimate of drug-likeness (QED) is 0.511. The fourth-order valence-corrected chi connectivity index (χ4v) is 3.15. The minimum atomic E-state index is 0.539. The molecule has 0 bridgehead atoms. The number of hydrogen-bond acceptors (Lipinski definition) is 3. The largest absolute Gasteiger partial charge is 0.268 e. The summed E-state index contributed by atoms with van der Waals surface area (Å²) in [6.07, 6.45) is 4.33. The molecule has 1 heterocycles. The monoisotopic (exact) mass is 201 g/mol. The van der Waals surface area contributed by atoms with E-state index >= 15 is 0 Å². The Kier molecular flexibility index (Phi) is 4.84. The molecule has 1 aliphatic rings. The molecule has 0 radical (unpaired) electrons. The van der Waals surface area contributed by atoms with Gasteiger partial charge in [-0.05, 0) is 19.8 Å². The Morgan fingerprint density at radius 1 is 1.83 bits per heavy atom. The zero-order valence-corrected chi connectivity index (χ0v) is 9.09. The fourth-order valence-electron chi connectivity index (χ4n) is 0.912. The number of hydrogen-bond donors (Lipinski definition) is 0. The predicted molar refractivity (Wildman–Crippen MR) is 61.2 cm³/mol. The number of unbranched alkanes of at least 4 members (excludes halogenated alkanes) is 1. The first kappa shape index (κ1) is 10.2. The van der Waals surface area contributed by atoms with Gasteiger partial charge in [0.25, 0.3) is 0 Å². The molecule has 0 saturated carbocycles. The summed E-state index contributed by atoms with van der Waals surface area (Å²) in [6.45, 7) is 5.87. The predicted octanol–water partition coefficient (Wildman–Crippen LogP) is 3.18. The molecular weight excluding hydrogens is 186 g/mol. The van der Waals surface area contributed by atoms with Crippen molar-refractivity contribution in [2.45, 2.75) is 25.8 Å². The summed E-state index contributed by atoms with van der Waals surface area (Å²) in [5, 5.41) is 0. The van der Waals surface area contributed by atoms with Crippen LogP contribution < -0.4 is 0 Å². The number of thioether (sulfide) groups is 2. The molecule has 0 aromatic heterocycles. The lowest BCUT2D eigenvalue weighted by Gasteiger charge is -1.96. The molecule has 3 heteroatoms. The summed E-state index contributed by atoms with van der Waals surface area (Å²) in [6, 6.07) is 0.539. The first-order valence-electron chi connectivity index (χ1n) is 4.27. The Morgan fingerprint density at radius 2 is 2.67 bits per heavy atom. The number of aliphatic imine (C=N–C) groups is 1. The number of nitrogens with zero attached hydrogens (tertiary/aromatic N) is 1. The van der Waals surface area contributed by atoms with Gasteiger partial charge in [-0.3, -0.25) is 4.99 Å². The van der Waals surface area contributed by atoms with Gasteiger partial charge in [0.2, 0.25) is 0 Å². The molecule has 0 aliphatic carbocycles. The van der Waals surface area contributed by atoms with E-state index in [9.17, 15) is 0 Å². The zero-order valence-electron chi connectivity index (χ0n) is 7.45. The summed E-state index contributed by atoms with van der Waals surface area (Å²) in [5.41, 5.74) is 0. The van der Waals surface area contributed by atoms with Gasteiger partial charge in [0.05, 0.1) is 6.04 Å². The molecule has 68 valence electrons. The third kappa shape index (κ3) is 3.68. The van der Waals surface area contributed by atoms with E-state index in [2.05, 4.69) is 18.5 Å². The zero-order chi connectivity index (χ0) is 8.81. The maximum atomic E-state index is 4.50. The van der Waals surface area contributed by atoms with Gasteiger partial charge in [-0.1, -0.05) is 29.6 Å². The highest BCUT2D eigenvalue weighted by molar-refractivity contribution is 8.39. The summed E-state index contributed by atoms with van der Waals surface area (Å²) in [7, 11) is 0. The highest BCUT2D eigenvalue weighted by Gasteiger charge is 2.13. The molecule has 0 aromatic rings. The Balaban J connectivity index is 2.07. The third-order valence-electron chi connectivity index (χ3n) is 1.55. The van der Waals surface area contributed by atoms with Crippen LogP contribution in [0.3, 0.4) is 0 Å². The van der Waals surface area contributed by atoms with Gasteiger partial charge in [0.1, 0.15) is 4.38 Å². The van der Waals surface area contributed by atoms with Crippen LogP contribution in [0.25, 0.3) is 0 Å². The normalized spacial score (nSPS) is 22.4. The third-order valence-corrected chi connectivity index (χ3v) is 4.11. The van der Waals surface area contributed by atoms with Gasteiger partial charge in [0.15, 0.2) is 0 Å². The van der Waals surface area contributed by atoms with E-state index in [1.807, 2.05) is 29.6 Å². The van der Waals surface area contributed by atoms with Crippen molar-refractivity contribution in [3.63, 3.8) is 0 Å². The summed E-state index contributed by atoms with van der Waals surface area (Å²) >= 11 is 3.79. The molecule has 0 unspecified atom stereocenters. The second kappa shape index (κ2) is 5.70. The summed E-state index contributed by atoms with van der Waals surface area (Å²) in [5.74, 6) is 2.36. The molecule has 0 N–H and O–H groups in total. The van der Waals surface area contributed by atoms with Crippen LogP contribution in [0.1, 0.15) is 19.8 Å². The Hall–Kier alpha value is 0.110. The molecule has 1 rings (SSSR count). The lowest BCUT2D eigenvalue weighted by Crippen LogP contribution is -1.92. The second-order valence-electron chi connectivity index (χ2n) is 2.83. The average Bonchev–Trinajstić information content (AvgIpc) is 2.45. The van der Waals surface area contributed by atoms with E-state index in [1.165, 1.54) is 22.3 Å². The first-order chi connectivity index (χ1) is 5.83. The highest BCUT2D eigenvalue weighted by atomic mass is 32.2. The van der Waals surface area contributed by atoms with E-state index in [-0.39, 0.29) is 0 Å². The van der Waals surface area contributed by atoms with E-state index in [1.54, 1.807) is 0 Å². The van der Waals surface area contributed by atoms with Crippen LogP contribution in [0.4, 0.5) is 0 Å². The van der Waals surface area contributed by atoms with Crippen molar-refractivity contribution >= 4 is 27.9 Å².